The van der Waals surface area contributed by atoms with Crippen LogP contribution in [0.4, 0.5) is 4.39 Å². The Balaban J connectivity index is 1.33. The number of methoxy groups -OCH3 is 1. The van der Waals surface area contributed by atoms with Gasteiger partial charge in [-0.3, -0.25) is 4.79 Å². The van der Waals surface area contributed by atoms with Gasteiger partial charge in [0.1, 0.15) is 17.3 Å². The topological polar surface area (TPSA) is 48.6 Å². The number of aromatic amines is 1. The van der Waals surface area contributed by atoms with Crippen molar-refractivity contribution in [2.24, 2.45) is 5.92 Å². The van der Waals surface area contributed by atoms with Crippen LogP contribution in [0.2, 0.25) is 0 Å². The highest BCUT2D eigenvalue weighted by Crippen LogP contribution is 2.22. The van der Waals surface area contributed by atoms with Gasteiger partial charge in [0.25, 0.3) is 5.91 Å². The van der Waals surface area contributed by atoms with Gasteiger partial charge in [-0.1, -0.05) is 18.2 Å². The van der Waals surface area contributed by atoms with Crippen LogP contribution < -0.4 is 4.74 Å². The number of amides is 1. The van der Waals surface area contributed by atoms with Gasteiger partial charge in [-0.25, -0.2) is 4.39 Å². The first kappa shape index (κ1) is 21.4. The average molecular weight is 424 g/mol. The van der Waals surface area contributed by atoms with E-state index in [9.17, 15) is 9.18 Å². The molecule has 4 rings (SSSR count). The number of carbonyl (C=O) groups is 1. The maximum atomic E-state index is 13.4. The first-order valence-electron chi connectivity index (χ1n) is 10.9. The molecule has 31 heavy (non-hydrogen) atoms. The number of carbonyl (C=O) groups excluding carboxylic acids is 1. The Morgan fingerprint density at radius 2 is 2.10 bits per heavy atom. The summed E-state index contributed by atoms with van der Waals surface area (Å²) < 4.78 is 18.9. The maximum absolute atomic E-state index is 13.4. The molecule has 2 heterocycles. The SMILES string of the molecule is COc1ccccc1CCN1CCCC(CN(C)C(=O)c2cc3cc(F)ccc3[nH]2)C1. The second kappa shape index (κ2) is 9.52. The Kier molecular flexibility index (Phi) is 6.56. The second-order valence-corrected chi connectivity index (χ2v) is 8.47. The number of piperidine rings is 1. The molecule has 2 aromatic carbocycles. The van der Waals surface area contributed by atoms with E-state index in [1.54, 1.807) is 24.1 Å². The third-order valence-corrected chi connectivity index (χ3v) is 6.18. The predicted molar refractivity (Wildman–Crippen MR) is 121 cm³/mol. The number of nitrogens with one attached hydrogen (secondary N) is 1. The average Bonchev–Trinajstić information content (AvgIpc) is 3.20. The number of benzene rings is 2. The lowest BCUT2D eigenvalue weighted by atomic mass is 9.97. The lowest BCUT2D eigenvalue weighted by Crippen LogP contribution is -2.42. The number of nitrogens with zero attached hydrogens (tertiary/aromatic N) is 2. The Labute approximate surface area is 182 Å². The Bertz CT molecular complexity index is 1050. The van der Waals surface area contributed by atoms with E-state index in [2.05, 4.69) is 22.0 Å². The number of hydrogen-bond acceptors (Lipinski definition) is 3. The molecule has 164 valence electrons. The third-order valence-electron chi connectivity index (χ3n) is 6.18. The van der Waals surface area contributed by atoms with Crippen LogP contribution >= 0.6 is 0 Å². The highest BCUT2D eigenvalue weighted by atomic mass is 19.1. The molecule has 1 saturated heterocycles. The lowest BCUT2D eigenvalue weighted by Gasteiger charge is -2.34. The zero-order chi connectivity index (χ0) is 21.8. The van der Waals surface area contributed by atoms with E-state index in [0.717, 1.165) is 55.5 Å². The van der Waals surface area contributed by atoms with Gasteiger partial charge in [0.15, 0.2) is 0 Å². The number of para-hydroxylation sites is 1. The summed E-state index contributed by atoms with van der Waals surface area (Å²) in [6, 6.07) is 14.4. The quantitative estimate of drug-likeness (QED) is 0.615. The minimum Gasteiger partial charge on any atom is -0.496 e. The van der Waals surface area contributed by atoms with Crippen molar-refractivity contribution in [2.75, 3.05) is 40.3 Å². The summed E-state index contributed by atoms with van der Waals surface area (Å²) >= 11 is 0. The second-order valence-electron chi connectivity index (χ2n) is 8.47. The summed E-state index contributed by atoms with van der Waals surface area (Å²) in [4.78, 5) is 20.3. The normalized spacial score (nSPS) is 17.1. The molecule has 0 saturated carbocycles. The van der Waals surface area contributed by atoms with Gasteiger partial charge in [-0.2, -0.15) is 0 Å². The van der Waals surface area contributed by atoms with Crippen molar-refractivity contribution >= 4 is 16.8 Å². The van der Waals surface area contributed by atoms with Gasteiger partial charge in [0.05, 0.1) is 7.11 Å². The summed E-state index contributed by atoms with van der Waals surface area (Å²) in [7, 11) is 3.56. The molecule has 5 nitrogen and oxygen atoms in total. The van der Waals surface area contributed by atoms with Crippen molar-refractivity contribution in [3.63, 3.8) is 0 Å². The molecule has 1 unspecified atom stereocenters. The molecule has 1 aliphatic heterocycles. The van der Waals surface area contributed by atoms with Crippen molar-refractivity contribution in [2.45, 2.75) is 19.3 Å². The highest BCUT2D eigenvalue weighted by molar-refractivity contribution is 5.97. The summed E-state index contributed by atoms with van der Waals surface area (Å²) in [5.74, 6) is 1.04. The highest BCUT2D eigenvalue weighted by Gasteiger charge is 2.24. The standard InChI is InChI=1S/C25H30FN3O2/c1-28(25(30)23-15-20-14-21(26)9-10-22(20)27-23)16-18-6-5-12-29(17-18)13-11-19-7-3-4-8-24(19)31-2/h3-4,7-10,14-15,18,27H,5-6,11-13,16-17H2,1-2H3. The van der Waals surface area contributed by atoms with E-state index in [1.165, 1.54) is 17.7 Å². The van der Waals surface area contributed by atoms with Crippen LogP contribution in [0.1, 0.15) is 28.9 Å². The van der Waals surface area contributed by atoms with E-state index in [-0.39, 0.29) is 11.7 Å². The molecule has 0 bridgehead atoms. The summed E-state index contributed by atoms with van der Waals surface area (Å²) in [6.45, 7) is 3.79. The van der Waals surface area contributed by atoms with Crippen LogP contribution in [0, 0.1) is 11.7 Å². The van der Waals surface area contributed by atoms with E-state index in [4.69, 9.17) is 4.74 Å². The van der Waals surface area contributed by atoms with E-state index in [1.807, 2.05) is 19.2 Å². The molecule has 1 aromatic heterocycles. The first-order valence-corrected chi connectivity index (χ1v) is 10.9. The smallest absolute Gasteiger partial charge is 0.270 e. The van der Waals surface area contributed by atoms with Crippen LogP contribution in [0.15, 0.2) is 48.5 Å². The van der Waals surface area contributed by atoms with Crippen molar-refractivity contribution in [3.05, 3.63) is 65.6 Å². The summed E-state index contributed by atoms with van der Waals surface area (Å²) in [5, 5.41) is 0.719. The number of hydrogen-bond donors (Lipinski definition) is 1. The molecule has 1 N–H and O–H groups in total. The van der Waals surface area contributed by atoms with Crippen molar-refractivity contribution in [1.82, 2.24) is 14.8 Å². The number of H-pyrrole nitrogens is 1. The molecule has 1 aliphatic rings. The molecule has 3 aromatic rings. The van der Waals surface area contributed by atoms with Gasteiger partial charge in [0.2, 0.25) is 0 Å². The zero-order valence-electron chi connectivity index (χ0n) is 18.2. The maximum Gasteiger partial charge on any atom is 0.270 e. The molecule has 6 heteroatoms. The van der Waals surface area contributed by atoms with Gasteiger partial charge in [-0.15, -0.1) is 0 Å². The number of ether oxygens (including phenoxy) is 1. The first-order chi connectivity index (χ1) is 15.0. The van der Waals surface area contributed by atoms with E-state index < -0.39 is 0 Å². The van der Waals surface area contributed by atoms with Gasteiger partial charge in [0, 0.05) is 37.6 Å². The lowest BCUT2D eigenvalue weighted by molar-refractivity contribution is 0.0725. The minimum atomic E-state index is -0.297. The summed E-state index contributed by atoms with van der Waals surface area (Å²) in [6.07, 6.45) is 3.22. The Hall–Kier alpha value is -2.86. The van der Waals surface area contributed by atoms with Crippen LogP contribution in [0.25, 0.3) is 10.9 Å². The van der Waals surface area contributed by atoms with E-state index in [0.29, 0.717) is 18.2 Å². The molecule has 0 aliphatic carbocycles. The van der Waals surface area contributed by atoms with Crippen molar-refractivity contribution < 1.29 is 13.9 Å². The third kappa shape index (κ3) is 5.07. The molecule has 0 spiro atoms. The number of likely N-dealkylation sites (tertiary alicyclic amines) is 1. The Morgan fingerprint density at radius 3 is 2.94 bits per heavy atom. The fraction of sp³-hybridized carbons (Fsp3) is 0.400. The molecule has 0 radical (unpaired) electrons. The molecular formula is C25H30FN3O2. The number of fused-ring (bicyclic) bond motifs is 1. The fourth-order valence-electron chi connectivity index (χ4n) is 4.59. The number of rotatable bonds is 7. The largest absolute Gasteiger partial charge is 0.496 e. The Morgan fingerprint density at radius 1 is 1.26 bits per heavy atom. The molecule has 1 fully saturated rings. The monoisotopic (exact) mass is 423 g/mol. The molecular weight excluding hydrogens is 393 g/mol. The number of halogens is 1. The van der Waals surface area contributed by atoms with Crippen LogP contribution in [0.3, 0.4) is 0 Å². The fourth-order valence-corrected chi connectivity index (χ4v) is 4.59. The summed E-state index contributed by atoms with van der Waals surface area (Å²) in [5.41, 5.74) is 2.51. The molecule has 1 amide bonds. The van der Waals surface area contributed by atoms with Gasteiger partial charge < -0.3 is 19.5 Å². The number of aromatic nitrogens is 1. The van der Waals surface area contributed by atoms with Gasteiger partial charge in [-0.05, 0) is 67.6 Å². The van der Waals surface area contributed by atoms with Crippen LogP contribution in [0.5, 0.6) is 5.75 Å². The zero-order valence-corrected chi connectivity index (χ0v) is 18.2. The predicted octanol–water partition coefficient (Wildman–Crippen LogP) is 4.34. The van der Waals surface area contributed by atoms with E-state index >= 15 is 0 Å². The minimum absolute atomic E-state index is 0.0530. The van der Waals surface area contributed by atoms with Crippen LogP contribution in [-0.4, -0.2) is 61.0 Å². The van der Waals surface area contributed by atoms with Gasteiger partial charge >= 0.3 is 0 Å². The van der Waals surface area contributed by atoms with Crippen molar-refractivity contribution in [1.29, 1.82) is 0 Å². The van der Waals surface area contributed by atoms with Crippen molar-refractivity contribution in [3.8, 4) is 5.75 Å². The molecule has 1 atom stereocenters. The van der Waals surface area contributed by atoms with Crippen LogP contribution in [-0.2, 0) is 6.42 Å².